The molecule has 3 rings (SSSR count). The Balaban J connectivity index is 1.66. The fourth-order valence-electron chi connectivity index (χ4n) is 10.4. The van der Waals surface area contributed by atoms with E-state index in [4.69, 9.17) is 46.9 Å². The van der Waals surface area contributed by atoms with Gasteiger partial charge in [-0.25, -0.2) is 13.4 Å². The number of nitrogens with one attached hydrogen (secondary N) is 1. The standard InChI is InChI=1S/C54H82Cl2N4O9S/c1-45(2,43(61)62)31-46(3,4)67-47(5,6)32-48(7,8)68-49(9,10)33-50(11,12)69-51(13,14)34-52(15,16)70(63,64)60-44-58-26-24-54(19,35-59-44)36-66-40-22-20-38(21-23-40)53(17,18)39-28-37(30-57)42(41(56)29-39)65-27-25-55/h20-24,26,28-29,35H,25,27,31-34,36H2,1-19H3,(H,58,60)(H,61,62). The SMILES string of the molecule is CC1(COc2ccc(C(C)(C)c3cc(Cl)c(OCCCl)c(C#N)c3)cc2)C=CNC(=NS(=O)(=O)C(C)(C)CC(C)(C)OC(C)(C)CC(C)(C)OC(C)(C)CC(C)(C)OC(C)(C)CC(C)(C)C(=O)O)N=C1. The first-order valence-corrected chi connectivity index (χ1v) is 26.2. The molecule has 1 heterocycles. The fraction of sp³-hybridized carbons (Fsp3) is 0.667. The number of alkyl halides is 1. The Morgan fingerprint density at radius 2 is 1.24 bits per heavy atom. The largest absolute Gasteiger partial charge is 0.492 e. The number of guanidine groups is 1. The monoisotopic (exact) mass is 1030 g/mol. The Labute approximate surface area is 430 Å². The van der Waals surface area contributed by atoms with E-state index in [-0.39, 0.29) is 31.5 Å². The van der Waals surface area contributed by atoms with Crippen molar-refractivity contribution in [2.45, 2.75) is 201 Å². The van der Waals surface area contributed by atoms with E-state index in [9.17, 15) is 23.6 Å². The highest BCUT2D eigenvalue weighted by Crippen LogP contribution is 2.42. The molecule has 1 unspecified atom stereocenters. The molecule has 0 bridgehead atoms. The Hall–Kier alpha value is -3.71. The van der Waals surface area contributed by atoms with E-state index < -0.39 is 70.6 Å². The van der Waals surface area contributed by atoms with Crippen LogP contribution in [0, 0.1) is 22.2 Å². The number of benzene rings is 2. The molecule has 0 radical (unpaired) electrons. The number of nitrogens with zero attached hydrogens (tertiary/aromatic N) is 3. The van der Waals surface area contributed by atoms with Crippen LogP contribution in [0.1, 0.15) is 174 Å². The summed E-state index contributed by atoms with van der Waals surface area (Å²) in [5.74, 6) is 0.273. The third kappa shape index (κ3) is 17.5. The second kappa shape index (κ2) is 21.8. The summed E-state index contributed by atoms with van der Waals surface area (Å²) in [7, 11) is -4.14. The van der Waals surface area contributed by atoms with Gasteiger partial charge in [-0.1, -0.05) is 43.7 Å². The van der Waals surface area contributed by atoms with Gasteiger partial charge in [0.25, 0.3) is 10.0 Å². The van der Waals surface area contributed by atoms with Crippen molar-refractivity contribution in [3.63, 3.8) is 0 Å². The quantitative estimate of drug-likeness (QED) is 0.0904. The van der Waals surface area contributed by atoms with E-state index in [0.717, 1.165) is 11.1 Å². The van der Waals surface area contributed by atoms with Crippen molar-refractivity contribution in [3.8, 4) is 17.6 Å². The van der Waals surface area contributed by atoms with Gasteiger partial charge in [0.15, 0.2) is 5.75 Å². The highest BCUT2D eigenvalue weighted by atomic mass is 35.5. The van der Waals surface area contributed by atoms with Crippen molar-refractivity contribution in [1.29, 1.82) is 5.26 Å². The summed E-state index contributed by atoms with van der Waals surface area (Å²) in [6, 6.07) is 13.5. The van der Waals surface area contributed by atoms with Crippen LogP contribution in [0.3, 0.4) is 0 Å². The zero-order chi connectivity index (χ0) is 53.8. The van der Waals surface area contributed by atoms with Gasteiger partial charge in [-0.05, 0) is 166 Å². The summed E-state index contributed by atoms with van der Waals surface area (Å²) >= 11 is 12.3. The van der Waals surface area contributed by atoms with Crippen LogP contribution in [0.4, 0.5) is 0 Å². The van der Waals surface area contributed by atoms with Gasteiger partial charge in [-0.2, -0.15) is 5.26 Å². The van der Waals surface area contributed by atoms with Crippen molar-refractivity contribution in [2.75, 3.05) is 19.1 Å². The van der Waals surface area contributed by atoms with E-state index in [0.29, 0.717) is 41.3 Å². The molecule has 0 aromatic heterocycles. The highest BCUT2D eigenvalue weighted by Gasteiger charge is 2.46. The smallest absolute Gasteiger partial charge is 0.309 e. The van der Waals surface area contributed by atoms with Crippen LogP contribution in [-0.2, 0) is 34.4 Å². The summed E-state index contributed by atoms with van der Waals surface area (Å²) in [5.41, 5.74) is -4.30. The number of aliphatic carboxylic acids is 1. The van der Waals surface area contributed by atoms with E-state index in [1.807, 2.05) is 140 Å². The summed E-state index contributed by atoms with van der Waals surface area (Å²) < 4.78 is 62.8. The van der Waals surface area contributed by atoms with Crippen molar-refractivity contribution in [2.24, 2.45) is 20.2 Å². The molecular formula is C54H82Cl2N4O9S. The minimum absolute atomic E-state index is 0.0697. The number of carboxylic acids is 1. The maximum Gasteiger partial charge on any atom is 0.309 e. The molecule has 0 spiro atoms. The van der Waals surface area contributed by atoms with Crippen LogP contribution in [0.25, 0.3) is 0 Å². The lowest BCUT2D eigenvalue weighted by Gasteiger charge is -2.46. The molecule has 70 heavy (non-hydrogen) atoms. The van der Waals surface area contributed by atoms with Crippen molar-refractivity contribution in [3.05, 3.63) is 70.4 Å². The molecule has 2 aromatic carbocycles. The van der Waals surface area contributed by atoms with Crippen LogP contribution in [0.15, 0.2) is 58.1 Å². The van der Waals surface area contributed by atoms with E-state index >= 15 is 0 Å². The summed E-state index contributed by atoms with van der Waals surface area (Å²) in [6.45, 7) is 36.8. The van der Waals surface area contributed by atoms with Crippen molar-refractivity contribution < 1.29 is 42.0 Å². The Kier molecular flexibility index (Phi) is 18.9. The molecule has 0 aliphatic carbocycles. The van der Waals surface area contributed by atoms with Crippen molar-refractivity contribution in [1.82, 2.24) is 5.32 Å². The average Bonchev–Trinajstić information content (AvgIpc) is 3.33. The molecule has 13 nitrogen and oxygen atoms in total. The van der Waals surface area contributed by atoms with Gasteiger partial charge >= 0.3 is 5.97 Å². The minimum Gasteiger partial charge on any atom is -0.492 e. The van der Waals surface area contributed by atoms with Gasteiger partial charge in [0.2, 0.25) is 5.96 Å². The second-order valence-electron chi connectivity index (χ2n) is 24.6. The second-order valence-corrected chi connectivity index (χ2v) is 27.6. The molecule has 392 valence electrons. The van der Waals surface area contributed by atoms with Crippen LogP contribution in [0.5, 0.6) is 11.5 Å². The van der Waals surface area contributed by atoms with Gasteiger partial charge in [0.1, 0.15) is 25.0 Å². The van der Waals surface area contributed by atoms with E-state index in [1.165, 1.54) is 0 Å². The maximum absolute atomic E-state index is 14.0. The van der Waals surface area contributed by atoms with Crippen molar-refractivity contribution >= 4 is 51.4 Å². The number of hydrogen-bond donors (Lipinski definition) is 2. The average molecular weight is 1030 g/mol. The number of carbonyl (C=O) groups is 1. The number of aliphatic imine (C=N–C) groups is 1. The molecule has 0 amide bonds. The van der Waals surface area contributed by atoms with Gasteiger partial charge in [-0.15, -0.1) is 16.0 Å². The Morgan fingerprint density at radius 3 is 1.71 bits per heavy atom. The Bertz CT molecular complexity index is 2410. The summed E-state index contributed by atoms with van der Waals surface area (Å²) in [5, 5.41) is 22.8. The lowest BCUT2D eigenvalue weighted by Crippen LogP contribution is -2.50. The molecule has 0 saturated carbocycles. The number of sulfonamides is 1. The fourth-order valence-corrected chi connectivity index (χ4v) is 11.9. The highest BCUT2D eigenvalue weighted by molar-refractivity contribution is 7.91. The Morgan fingerprint density at radius 1 is 0.757 bits per heavy atom. The predicted molar refractivity (Wildman–Crippen MR) is 283 cm³/mol. The van der Waals surface area contributed by atoms with Gasteiger partial charge in [-0.3, -0.25) is 4.79 Å². The van der Waals surface area contributed by atoms with Gasteiger partial charge < -0.3 is 34.1 Å². The molecule has 1 atom stereocenters. The third-order valence-corrected chi connectivity index (χ3v) is 14.4. The zero-order valence-corrected chi connectivity index (χ0v) is 47.7. The lowest BCUT2D eigenvalue weighted by molar-refractivity contribution is -0.211. The topological polar surface area (TPSA) is 178 Å². The van der Waals surface area contributed by atoms with Crippen LogP contribution < -0.4 is 14.8 Å². The van der Waals surface area contributed by atoms with Crippen LogP contribution >= 0.6 is 23.2 Å². The number of rotatable bonds is 25. The van der Waals surface area contributed by atoms with Gasteiger partial charge in [0.05, 0.1) is 65.6 Å². The molecule has 1 aliphatic heterocycles. The zero-order valence-electron chi connectivity index (χ0n) is 45.4. The molecule has 16 heteroatoms. The molecule has 0 fully saturated rings. The first-order valence-electron chi connectivity index (χ1n) is 23.9. The van der Waals surface area contributed by atoms with Crippen LogP contribution in [0.2, 0.25) is 5.02 Å². The first kappa shape index (κ1) is 60.6. The summed E-state index contributed by atoms with van der Waals surface area (Å²) in [6.07, 6.45) is 6.57. The number of ether oxygens (including phenoxy) is 5. The maximum atomic E-state index is 14.0. The molecular weight excluding hydrogens is 952 g/mol. The normalized spacial score (nSPS) is 17.5. The van der Waals surface area contributed by atoms with E-state index in [2.05, 4.69) is 20.8 Å². The van der Waals surface area contributed by atoms with E-state index in [1.54, 1.807) is 46.2 Å². The third-order valence-electron chi connectivity index (χ3n) is 12.1. The summed E-state index contributed by atoms with van der Waals surface area (Å²) in [4.78, 5) is 16.3. The molecule has 0 saturated heterocycles. The number of halogens is 2. The van der Waals surface area contributed by atoms with Crippen LogP contribution in [-0.4, -0.2) is 89.1 Å². The molecule has 2 N–H and O–H groups in total. The number of carboxylic acid groups (broad SMARTS) is 1. The minimum atomic E-state index is -4.14. The van der Waals surface area contributed by atoms with Gasteiger partial charge in [0, 0.05) is 30.7 Å². The number of nitriles is 1. The predicted octanol–water partition coefficient (Wildman–Crippen LogP) is 12.6. The lowest BCUT2D eigenvalue weighted by atomic mass is 9.77. The molecule has 1 aliphatic rings. The molecule has 2 aromatic rings. The number of hydrogen-bond acceptors (Lipinski definition) is 9. The first-order chi connectivity index (χ1) is 31.5.